The molecule has 1 fully saturated rings. The van der Waals surface area contributed by atoms with Crippen molar-refractivity contribution in [2.75, 3.05) is 17.2 Å². The molecule has 9 nitrogen and oxygen atoms in total. The van der Waals surface area contributed by atoms with Crippen LogP contribution in [-0.2, 0) is 29.3 Å². The van der Waals surface area contributed by atoms with Gasteiger partial charge in [0, 0.05) is 31.1 Å². The fourth-order valence-electron chi connectivity index (χ4n) is 4.26. The maximum absolute atomic E-state index is 12.9. The van der Waals surface area contributed by atoms with E-state index in [0.29, 0.717) is 35.9 Å². The zero-order valence-electron chi connectivity index (χ0n) is 21.3. The Morgan fingerprint density at radius 3 is 2.75 bits per heavy atom. The number of carbonyl (C=O) groups is 1. The number of nitrogens with one attached hydrogen (secondary N) is 2. The lowest BCUT2D eigenvalue weighted by atomic mass is 10.2. The van der Waals surface area contributed by atoms with Crippen LogP contribution in [0.25, 0.3) is 11.0 Å². The van der Waals surface area contributed by atoms with Gasteiger partial charge < -0.3 is 29.4 Å². The van der Waals surface area contributed by atoms with Gasteiger partial charge in [0.05, 0.1) is 28.4 Å². The fourth-order valence-corrected chi connectivity index (χ4v) is 4.48. The van der Waals surface area contributed by atoms with Crippen molar-refractivity contribution in [3.05, 3.63) is 71.1 Å². The molecule has 1 aliphatic rings. The number of fused-ring (bicyclic) bond motifs is 1. The average Bonchev–Trinajstić information content (AvgIpc) is 3.25. The third-order valence-electron chi connectivity index (χ3n) is 6.29. The number of ether oxygens (including phenoxy) is 3. The number of urea groups is 1. The molecule has 0 bridgehead atoms. The Morgan fingerprint density at radius 1 is 1.15 bits per heavy atom. The summed E-state index contributed by atoms with van der Waals surface area (Å²) in [6.07, 6.45) is -0.395. The lowest BCUT2D eigenvalue weighted by molar-refractivity contribution is -0.169. The van der Waals surface area contributed by atoms with Gasteiger partial charge in [0.15, 0.2) is 6.29 Å². The topological polar surface area (TPSA) is 99.5 Å². The molecule has 5 rings (SSSR count). The summed E-state index contributed by atoms with van der Waals surface area (Å²) in [5.41, 5.74) is 1.54. The van der Waals surface area contributed by atoms with Crippen LogP contribution in [0.5, 0.6) is 11.6 Å². The fraction of sp³-hybridized carbons (Fsp3) is 0.296. The lowest BCUT2D eigenvalue weighted by Crippen LogP contribution is -2.22. The second-order valence-corrected chi connectivity index (χ2v) is 9.52. The highest BCUT2D eigenvalue weighted by atomic mass is 35.5. The molecule has 2 amide bonds. The Labute approximate surface area is 232 Å². The van der Waals surface area contributed by atoms with Crippen LogP contribution in [0, 0.1) is 0 Å². The quantitative estimate of drug-likeness (QED) is 0.243. The zero-order chi connectivity index (χ0) is 28.3. The minimum absolute atomic E-state index is 0.0187. The molecular weight excluding hydrogens is 551 g/mol. The molecule has 1 saturated heterocycles. The van der Waals surface area contributed by atoms with E-state index in [-0.39, 0.29) is 22.7 Å². The van der Waals surface area contributed by atoms with Crippen molar-refractivity contribution in [1.29, 1.82) is 0 Å². The van der Waals surface area contributed by atoms with Gasteiger partial charge in [-0.2, -0.15) is 18.2 Å². The third-order valence-corrected chi connectivity index (χ3v) is 6.61. The Morgan fingerprint density at radius 2 is 2.00 bits per heavy atom. The van der Waals surface area contributed by atoms with Gasteiger partial charge in [-0.25, -0.2) is 9.78 Å². The number of hydrogen-bond acceptors (Lipinski definition) is 6. The molecule has 13 heteroatoms. The smallest absolute Gasteiger partial charge is 0.416 e. The number of halogens is 4. The predicted octanol–water partition coefficient (Wildman–Crippen LogP) is 7.12. The van der Waals surface area contributed by atoms with Crippen LogP contribution in [0.2, 0.25) is 5.02 Å². The molecule has 1 unspecified atom stereocenters. The Bertz CT molecular complexity index is 1520. The van der Waals surface area contributed by atoms with Crippen LogP contribution < -0.4 is 15.4 Å². The number of alkyl halides is 3. The number of aryl methyl sites for hydroxylation is 1. The first kappa shape index (κ1) is 27.7. The molecular formula is C27H25ClF3N5O4. The van der Waals surface area contributed by atoms with Crippen molar-refractivity contribution < 1.29 is 32.2 Å². The van der Waals surface area contributed by atoms with Gasteiger partial charge in [-0.3, -0.25) is 0 Å². The first-order valence-electron chi connectivity index (χ1n) is 12.4. The van der Waals surface area contributed by atoms with E-state index >= 15 is 0 Å². The minimum atomic E-state index is -4.53. The van der Waals surface area contributed by atoms with E-state index in [1.807, 2.05) is 17.7 Å². The lowest BCUT2D eigenvalue weighted by Gasteiger charge is -2.22. The predicted molar refractivity (Wildman–Crippen MR) is 143 cm³/mol. The molecule has 4 aromatic rings. The molecule has 1 aliphatic heterocycles. The van der Waals surface area contributed by atoms with E-state index in [2.05, 4.69) is 20.6 Å². The van der Waals surface area contributed by atoms with E-state index in [1.165, 1.54) is 30.6 Å². The maximum Gasteiger partial charge on any atom is 0.416 e. The number of nitrogens with zero attached hydrogens (tertiary/aromatic N) is 3. The standard InChI is InChI=1S/C27H25ClF3N5O4/c1-36-18(14-39-23-7-2-3-10-38-23)12-22-24(36)25(33-15-32-22)40-19-8-9-21(20(28)13-19)35-26(37)34-17-6-4-5-16(11-17)27(29,30)31/h4-6,8-9,11-13,15,23H,2-3,7,10,14H2,1H3,(H2,34,35,37). The van der Waals surface area contributed by atoms with Gasteiger partial charge in [0.25, 0.3) is 0 Å². The van der Waals surface area contributed by atoms with Crippen molar-refractivity contribution in [2.24, 2.45) is 7.05 Å². The number of amides is 2. The SMILES string of the molecule is Cn1c(COC2CCCCO2)cc2ncnc(Oc3ccc(NC(=O)Nc4cccc(C(F)(F)F)c4)c(Cl)c3)c21. The molecule has 0 spiro atoms. The average molecular weight is 576 g/mol. The second-order valence-electron chi connectivity index (χ2n) is 9.12. The first-order chi connectivity index (χ1) is 19.2. The Balaban J connectivity index is 1.26. The van der Waals surface area contributed by atoms with Crippen LogP contribution in [0.15, 0.2) is 54.9 Å². The van der Waals surface area contributed by atoms with E-state index in [1.54, 1.807) is 6.07 Å². The summed E-state index contributed by atoms with van der Waals surface area (Å²) in [7, 11) is 1.86. The molecule has 0 saturated carbocycles. The highest BCUT2D eigenvalue weighted by molar-refractivity contribution is 6.34. The summed E-state index contributed by atoms with van der Waals surface area (Å²) >= 11 is 6.36. The summed E-state index contributed by atoms with van der Waals surface area (Å²) in [5.74, 6) is 0.648. The van der Waals surface area contributed by atoms with E-state index in [9.17, 15) is 18.0 Å². The largest absolute Gasteiger partial charge is 0.437 e. The van der Waals surface area contributed by atoms with E-state index in [4.69, 9.17) is 25.8 Å². The molecule has 2 aromatic carbocycles. The number of carbonyl (C=O) groups excluding carboxylic acids is 1. The van der Waals surface area contributed by atoms with Gasteiger partial charge in [0.1, 0.15) is 17.6 Å². The summed E-state index contributed by atoms with van der Waals surface area (Å²) < 4.78 is 58.3. The summed E-state index contributed by atoms with van der Waals surface area (Å²) in [4.78, 5) is 21.0. The van der Waals surface area contributed by atoms with Crippen molar-refractivity contribution >= 4 is 40.0 Å². The van der Waals surface area contributed by atoms with Crippen molar-refractivity contribution in [3.8, 4) is 11.6 Å². The van der Waals surface area contributed by atoms with Crippen LogP contribution in [-0.4, -0.2) is 33.5 Å². The van der Waals surface area contributed by atoms with Gasteiger partial charge >= 0.3 is 12.2 Å². The van der Waals surface area contributed by atoms with Crippen LogP contribution >= 0.6 is 11.6 Å². The summed E-state index contributed by atoms with van der Waals surface area (Å²) in [5, 5.41) is 5.03. The molecule has 40 heavy (non-hydrogen) atoms. The Kier molecular flexibility index (Phi) is 8.10. The van der Waals surface area contributed by atoms with Crippen LogP contribution in [0.1, 0.15) is 30.5 Å². The maximum atomic E-state index is 12.9. The van der Waals surface area contributed by atoms with E-state index in [0.717, 1.165) is 37.1 Å². The molecule has 2 aromatic heterocycles. The monoisotopic (exact) mass is 575 g/mol. The highest BCUT2D eigenvalue weighted by Crippen LogP contribution is 2.34. The van der Waals surface area contributed by atoms with Crippen molar-refractivity contribution in [1.82, 2.24) is 14.5 Å². The summed E-state index contributed by atoms with van der Waals surface area (Å²) in [6.45, 7) is 1.03. The summed E-state index contributed by atoms with van der Waals surface area (Å²) in [6, 6.07) is 10.0. The van der Waals surface area contributed by atoms with E-state index < -0.39 is 17.8 Å². The molecule has 3 heterocycles. The second kappa shape index (κ2) is 11.7. The van der Waals surface area contributed by atoms with Crippen molar-refractivity contribution in [3.63, 3.8) is 0 Å². The van der Waals surface area contributed by atoms with Crippen LogP contribution in [0.3, 0.4) is 0 Å². The van der Waals surface area contributed by atoms with Gasteiger partial charge in [-0.05, 0) is 55.7 Å². The number of hydrogen-bond donors (Lipinski definition) is 2. The van der Waals surface area contributed by atoms with Gasteiger partial charge in [-0.15, -0.1) is 0 Å². The van der Waals surface area contributed by atoms with Crippen molar-refractivity contribution in [2.45, 2.75) is 38.3 Å². The molecule has 2 N–H and O–H groups in total. The molecule has 1 atom stereocenters. The van der Waals surface area contributed by atoms with Gasteiger partial charge in [-0.1, -0.05) is 17.7 Å². The Hall–Kier alpha value is -3.87. The third kappa shape index (κ3) is 6.46. The zero-order valence-corrected chi connectivity index (χ0v) is 22.1. The number of anilines is 2. The normalized spacial score (nSPS) is 15.7. The number of rotatable bonds is 7. The number of benzene rings is 2. The molecule has 0 radical (unpaired) electrons. The minimum Gasteiger partial charge on any atom is -0.437 e. The number of aromatic nitrogens is 3. The van der Waals surface area contributed by atoms with Gasteiger partial charge in [0.2, 0.25) is 5.88 Å². The highest BCUT2D eigenvalue weighted by Gasteiger charge is 2.30. The van der Waals surface area contributed by atoms with Crippen LogP contribution in [0.4, 0.5) is 29.3 Å². The molecule has 210 valence electrons. The first-order valence-corrected chi connectivity index (χ1v) is 12.8. The molecule has 0 aliphatic carbocycles.